The zero-order chi connectivity index (χ0) is 23.3. The first-order chi connectivity index (χ1) is 15.2. The molecular formula is C23H26Cl2FN3O3. The van der Waals surface area contributed by atoms with E-state index in [1.54, 1.807) is 28.0 Å². The maximum absolute atomic E-state index is 13.3. The lowest BCUT2D eigenvalue weighted by atomic mass is 10.1. The first-order valence-corrected chi connectivity index (χ1v) is 11.1. The number of benzene rings is 2. The number of hydrogen-bond donors (Lipinski definition) is 0. The first-order valence-electron chi connectivity index (χ1n) is 10.3. The highest BCUT2D eigenvalue weighted by Gasteiger charge is 2.28. The lowest BCUT2D eigenvalue weighted by Gasteiger charge is -2.36. The van der Waals surface area contributed by atoms with Crippen LogP contribution in [0.1, 0.15) is 20.7 Å². The second-order valence-corrected chi connectivity index (χ2v) is 8.75. The number of carbonyl (C=O) groups is 2. The molecule has 1 aliphatic rings. The van der Waals surface area contributed by atoms with Gasteiger partial charge in [0.15, 0.2) is 0 Å². The Hall–Kier alpha value is -2.19. The molecule has 172 valence electrons. The maximum Gasteiger partial charge on any atom is 0.254 e. The van der Waals surface area contributed by atoms with E-state index in [0.29, 0.717) is 60.5 Å². The highest BCUT2D eigenvalue weighted by atomic mass is 35.5. The summed E-state index contributed by atoms with van der Waals surface area (Å²) in [5, 5.41) is 0.709. The van der Waals surface area contributed by atoms with Crippen molar-refractivity contribution in [3.05, 3.63) is 69.5 Å². The third-order valence-electron chi connectivity index (χ3n) is 5.21. The number of halogens is 3. The predicted octanol–water partition coefficient (Wildman–Crippen LogP) is 3.68. The first kappa shape index (κ1) is 24.5. The van der Waals surface area contributed by atoms with Gasteiger partial charge in [0.05, 0.1) is 22.8 Å². The summed E-state index contributed by atoms with van der Waals surface area (Å²) in [7, 11) is 3.85. The Kier molecular flexibility index (Phi) is 8.48. The van der Waals surface area contributed by atoms with Crippen LogP contribution < -0.4 is 0 Å². The minimum Gasteiger partial charge on any atom is -0.373 e. The van der Waals surface area contributed by atoms with E-state index >= 15 is 0 Å². The van der Waals surface area contributed by atoms with Crippen LogP contribution in [0.25, 0.3) is 0 Å². The molecule has 0 aromatic heterocycles. The summed E-state index contributed by atoms with van der Waals surface area (Å²) in [5.74, 6) is -0.765. The molecule has 1 heterocycles. The molecule has 3 rings (SSSR count). The standard InChI is InChI=1S/C23H26Cl2FN3O3/c1-27(2)9-10-28(22(30)16-3-6-18(26)7-4-16)14-19-15-29(11-12-32-19)23(31)17-5-8-20(24)21(25)13-17/h3-8,13,19H,9-12,14-15H2,1-2H3/t19-/m0/s1. The third kappa shape index (κ3) is 6.42. The normalized spacial score (nSPS) is 16.3. The molecule has 1 fully saturated rings. The van der Waals surface area contributed by atoms with Crippen LogP contribution in [0.2, 0.25) is 10.0 Å². The number of carbonyl (C=O) groups excluding carboxylic acids is 2. The van der Waals surface area contributed by atoms with Gasteiger partial charge in [0.25, 0.3) is 11.8 Å². The summed E-state index contributed by atoms with van der Waals surface area (Å²) >= 11 is 12.0. The molecule has 32 heavy (non-hydrogen) atoms. The molecule has 2 amide bonds. The van der Waals surface area contributed by atoms with Gasteiger partial charge in [-0.05, 0) is 56.6 Å². The molecule has 0 spiro atoms. The average molecular weight is 482 g/mol. The monoisotopic (exact) mass is 481 g/mol. The number of rotatable bonds is 7. The van der Waals surface area contributed by atoms with Crippen LogP contribution in [-0.2, 0) is 4.74 Å². The third-order valence-corrected chi connectivity index (χ3v) is 5.95. The Bertz CT molecular complexity index is 956. The Balaban J connectivity index is 1.70. The molecular weight excluding hydrogens is 456 g/mol. The van der Waals surface area contributed by atoms with E-state index in [1.165, 1.54) is 24.3 Å². The minimum absolute atomic E-state index is 0.165. The highest BCUT2D eigenvalue weighted by molar-refractivity contribution is 6.42. The lowest BCUT2D eigenvalue weighted by Crippen LogP contribution is -2.51. The Morgan fingerprint density at radius 1 is 1.06 bits per heavy atom. The summed E-state index contributed by atoms with van der Waals surface area (Å²) in [5.41, 5.74) is 0.858. The molecule has 1 aliphatic heterocycles. The van der Waals surface area contributed by atoms with Crippen LogP contribution in [0.4, 0.5) is 4.39 Å². The topological polar surface area (TPSA) is 53.1 Å². The molecule has 2 aromatic carbocycles. The Morgan fingerprint density at radius 3 is 2.41 bits per heavy atom. The lowest BCUT2D eigenvalue weighted by molar-refractivity contribution is -0.0334. The minimum atomic E-state index is -0.395. The number of amides is 2. The van der Waals surface area contributed by atoms with Crippen LogP contribution in [0.3, 0.4) is 0 Å². The van der Waals surface area contributed by atoms with Gasteiger partial charge in [-0.2, -0.15) is 0 Å². The second kappa shape index (κ2) is 11.1. The summed E-state index contributed by atoms with van der Waals surface area (Å²) in [6.07, 6.45) is -0.345. The van der Waals surface area contributed by atoms with Crippen molar-refractivity contribution in [3.63, 3.8) is 0 Å². The fraction of sp³-hybridized carbons (Fsp3) is 0.391. The zero-order valence-corrected chi connectivity index (χ0v) is 19.6. The summed E-state index contributed by atoms with van der Waals surface area (Å²) in [6.45, 7) is 2.60. The summed E-state index contributed by atoms with van der Waals surface area (Å²) < 4.78 is 19.1. The van der Waals surface area contributed by atoms with Gasteiger partial charge in [-0.15, -0.1) is 0 Å². The van der Waals surface area contributed by atoms with Crippen molar-refractivity contribution < 1.29 is 18.7 Å². The molecule has 1 saturated heterocycles. The van der Waals surface area contributed by atoms with Crippen molar-refractivity contribution in [2.45, 2.75) is 6.10 Å². The van der Waals surface area contributed by atoms with Gasteiger partial charge >= 0.3 is 0 Å². The van der Waals surface area contributed by atoms with Crippen molar-refractivity contribution in [1.82, 2.24) is 14.7 Å². The molecule has 6 nitrogen and oxygen atoms in total. The van der Waals surface area contributed by atoms with E-state index in [0.717, 1.165) is 0 Å². The van der Waals surface area contributed by atoms with Crippen LogP contribution in [0.15, 0.2) is 42.5 Å². The highest BCUT2D eigenvalue weighted by Crippen LogP contribution is 2.24. The van der Waals surface area contributed by atoms with Gasteiger partial charge in [0, 0.05) is 43.9 Å². The number of likely N-dealkylation sites (N-methyl/N-ethyl adjacent to an activating group) is 1. The van der Waals surface area contributed by atoms with Crippen LogP contribution >= 0.6 is 23.2 Å². The molecule has 1 atom stereocenters. The molecule has 0 saturated carbocycles. The average Bonchev–Trinajstić information content (AvgIpc) is 2.78. The van der Waals surface area contributed by atoms with Crippen molar-refractivity contribution >= 4 is 35.0 Å². The van der Waals surface area contributed by atoms with Gasteiger partial charge in [0.1, 0.15) is 5.82 Å². The SMILES string of the molecule is CN(C)CCN(C[C@H]1CN(C(=O)c2ccc(Cl)c(Cl)c2)CCO1)C(=O)c1ccc(F)cc1. The quantitative estimate of drug-likeness (QED) is 0.605. The van der Waals surface area contributed by atoms with Gasteiger partial charge < -0.3 is 19.4 Å². The van der Waals surface area contributed by atoms with Crippen LogP contribution in [0.5, 0.6) is 0 Å². The van der Waals surface area contributed by atoms with Crippen molar-refractivity contribution in [2.24, 2.45) is 0 Å². The molecule has 0 bridgehead atoms. The van der Waals surface area contributed by atoms with Crippen molar-refractivity contribution in [1.29, 1.82) is 0 Å². The van der Waals surface area contributed by atoms with Crippen LogP contribution in [-0.4, -0.2) is 86.0 Å². The smallest absolute Gasteiger partial charge is 0.254 e. The molecule has 0 N–H and O–H groups in total. The fourth-order valence-corrected chi connectivity index (χ4v) is 3.74. The van der Waals surface area contributed by atoms with Gasteiger partial charge in [-0.1, -0.05) is 23.2 Å². The largest absolute Gasteiger partial charge is 0.373 e. The van der Waals surface area contributed by atoms with Crippen LogP contribution in [0, 0.1) is 5.82 Å². The van der Waals surface area contributed by atoms with Crippen molar-refractivity contribution in [3.8, 4) is 0 Å². The fourth-order valence-electron chi connectivity index (χ4n) is 3.44. The number of nitrogens with zero attached hydrogens (tertiary/aromatic N) is 3. The van der Waals surface area contributed by atoms with E-state index in [4.69, 9.17) is 27.9 Å². The molecule has 0 radical (unpaired) electrons. The van der Waals surface area contributed by atoms with Gasteiger partial charge in [0.2, 0.25) is 0 Å². The van der Waals surface area contributed by atoms with E-state index in [2.05, 4.69) is 0 Å². The summed E-state index contributed by atoms with van der Waals surface area (Å²) in [4.78, 5) is 31.4. The Morgan fingerprint density at radius 2 is 1.75 bits per heavy atom. The van der Waals surface area contributed by atoms with Crippen molar-refractivity contribution in [2.75, 3.05) is 53.4 Å². The van der Waals surface area contributed by atoms with Gasteiger partial charge in [-0.25, -0.2) is 4.39 Å². The number of hydrogen-bond acceptors (Lipinski definition) is 4. The van der Waals surface area contributed by atoms with E-state index in [-0.39, 0.29) is 17.9 Å². The molecule has 0 aliphatic carbocycles. The van der Waals surface area contributed by atoms with E-state index in [9.17, 15) is 14.0 Å². The van der Waals surface area contributed by atoms with E-state index < -0.39 is 5.82 Å². The predicted molar refractivity (Wildman–Crippen MR) is 123 cm³/mol. The zero-order valence-electron chi connectivity index (χ0n) is 18.1. The van der Waals surface area contributed by atoms with E-state index in [1.807, 2.05) is 19.0 Å². The molecule has 0 unspecified atom stereocenters. The Labute approximate surface area is 197 Å². The number of morpholine rings is 1. The second-order valence-electron chi connectivity index (χ2n) is 7.93. The molecule has 9 heteroatoms. The summed E-state index contributed by atoms with van der Waals surface area (Å²) in [6, 6.07) is 10.3. The maximum atomic E-state index is 13.3. The van der Waals surface area contributed by atoms with Gasteiger partial charge in [-0.3, -0.25) is 9.59 Å². The molecule has 2 aromatic rings. The number of ether oxygens (including phenoxy) is 1.